The number of Topliss-reactive ketones (excluding diaryl/α,β-unsaturated/α-hetero) is 1. The Labute approximate surface area is 185 Å². The van der Waals surface area contributed by atoms with Crippen LogP contribution in [-0.4, -0.2) is 55.5 Å². The molecule has 0 bridgehead atoms. The smallest absolute Gasteiger partial charge is 0.390 e. The Morgan fingerprint density at radius 1 is 1.25 bits per heavy atom. The van der Waals surface area contributed by atoms with Crippen LogP contribution in [-0.2, 0) is 18.7 Å². The van der Waals surface area contributed by atoms with Gasteiger partial charge in [0.15, 0.2) is 17.2 Å². The number of aliphatic hydroxyl groups excluding tert-OH is 1. The van der Waals surface area contributed by atoms with Crippen LogP contribution in [0.5, 0.6) is 0 Å². The molecule has 0 aliphatic heterocycles. The highest BCUT2D eigenvalue weighted by atomic mass is 31.2. The summed E-state index contributed by atoms with van der Waals surface area (Å²) in [4.78, 5) is 43.6. The highest BCUT2D eigenvalue weighted by molar-refractivity contribution is 7.46. The van der Waals surface area contributed by atoms with Crippen molar-refractivity contribution in [1.82, 2.24) is 0 Å². The third kappa shape index (κ3) is 3.09. The van der Waals surface area contributed by atoms with Gasteiger partial charge >= 0.3 is 7.82 Å². The Bertz CT molecular complexity index is 973. The van der Waals surface area contributed by atoms with Gasteiger partial charge in [0.2, 0.25) is 0 Å². The molecule has 32 heavy (non-hydrogen) atoms. The fraction of sp³-hybridized carbons (Fsp3) is 0.727. The quantitative estimate of drug-likeness (QED) is 0.457. The van der Waals surface area contributed by atoms with Crippen molar-refractivity contribution in [2.45, 2.75) is 63.8 Å². The van der Waals surface area contributed by atoms with Gasteiger partial charge in [0, 0.05) is 16.7 Å². The van der Waals surface area contributed by atoms with Crippen molar-refractivity contribution in [3.05, 3.63) is 23.8 Å². The van der Waals surface area contributed by atoms with E-state index in [1.54, 1.807) is 20.8 Å². The molecule has 8 atom stereocenters. The standard InChI is InChI=1S/C22H30FO8P/c1-12-8-16-15-5-4-13-9-14(24)6-7-20(13,3)22(15,23)17(25)10-19(16,2)18(26)21(12,27)11-31-32(28,29)30/h6-7,9,12,15-17,25,27H,4-5,8,10-11H2,1-3H3,(H2,28,29,30)/t12-,15?,16?,17+,19+,20+,21-,22+/m1/s1. The third-order valence-electron chi connectivity index (χ3n) is 8.82. The van der Waals surface area contributed by atoms with Crippen LogP contribution in [0.25, 0.3) is 0 Å². The molecule has 10 heteroatoms. The van der Waals surface area contributed by atoms with E-state index in [4.69, 9.17) is 9.79 Å². The van der Waals surface area contributed by atoms with E-state index in [1.807, 2.05) is 0 Å². The molecule has 8 nitrogen and oxygen atoms in total. The molecular weight excluding hydrogens is 442 g/mol. The topological polar surface area (TPSA) is 141 Å². The van der Waals surface area contributed by atoms with E-state index in [-0.39, 0.29) is 18.6 Å². The number of halogens is 1. The second kappa shape index (κ2) is 7.14. The van der Waals surface area contributed by atoms with Gasteiger partial charge in [-0.2, -0.15) is 0 Å². The minimum atomic E-state index is -4.93. The first-order valence-electron chi connectivity index (χ1n) is 10.9. The van der Waals surface area contributed by atoms with Crippen LogP contribution in [0.2, 0.25) is 0 Å². The van der Waals surface area contributed by atoms with Crippen molar-refractivity contribution in [3.63, 3.8) is 0 Å². The van der Waals surface area contributed by atoms with Gasteiger partial charge in [0.05, 0.1) is 12.7 Å². The maximum absolute atomic E-state index is 17.0. The van der Waals surface area contributed by atoms with Gasteiger partial charge in [-0.1, -0.05) is 25.5 Å². The van der Waals surface area contributed by atoms with Crippen LogP contribution in [0.1, 0.15) is 46.5 Å². The Balaban J connectivity index is 1.74. The average Bonchev–Trinajstić information content (AvgIpc) is 2.69. The zero-order valence-corrected chi connectivity index (χ0v) is 19.2. The van der Waals surface area contributed by atoms with Crippen LogP contribution in [0, 0.1) is 28.6 Å². The zero-order valence-electron chi connectivity index (χ0n) is 18.3. The summed E-state index contributed by atoms with van der Waals surface area (Å²) in [6.07, 6.45) is 3.52. The Hall–Kier alpha value is -1.22. The van der Waals surface area contributed by atoms with Gasteiger partial charge in [-0.3, -0.25) is 14.1 Å². The first-order chi connectivity index (χ1) is 14.6. The summed E-state index contributed by atoms with van der Waals surface area (Å²) < 4.78 is 32.7. The van der Waals surface area contributed by atoms with Crippen molar-refractivity contribution < 1.29 is 43.1 Å². The highest BCUT2D eigenvalue weighted by Gasteiger charge is 2.72. The second-order valence-corrected chi connectivity index (χ2v) is 11.7. The van der Waals surface area contributed by atoms with E-state index in [0.717, 1.165) is 0 Å². The number of fused-ring (bicyclic) bond motifs is 5. The summed E-state index contributed by atoms with van der Waals surface area (Å²) >= 11 is 0. The van der Waals surface area contributed by atoms with Crippen molar-refractivity contribution in [2.24, 2.45) is 28.6 Å². The number of hydrogen-bond acceptors (Lipinski definition) is 6. The molecule has 2 unspecified atom stereocenters. The largest absolute Gasteiger partial charge is 0.469 e. The number of rotatable bonds is 3. The third-order valence-corrected chi connectivity index (χ3v) is 9.28. The molecule has 4 aliphatic rings. The minimum absolute atomic E-state index is 0.216. The van der Waals surface area contributed by atoms with Crippen LogP contribution in [0.15, 0.2) is 23.8 Å². The van der Waals surface area contributed by atoms with Crippen LogP contribution < -0.4 is 0 Å². The number of ketones is 2. The fourth-order valence-corrected chi connectivity index (χ4v) is 7.31. The normalized spacial score (nSPS) is 48.6. The van der Waals surface area contributed by atoms with Crippen molar-refractivity contribution in [3.8, 4) is 0 Å². The number of alkyl halides is 1. The van der Waals surface area contributed by atoms with Gasteiger partial charge in [-0.15, -0.1) is 0 Å². The summed E-state index contributed by atoms with van der Waals surface area (Å²) in [5.41, 5.74) is -6.12. The molecule has 0 saturated heterocycles. The lowest BCUT2D eigenvalue weighted by Crippen LogP contribution is -2.72. The monoisotopic (exact) mass is 472 g/mol. The van der Waals surface area contributed by atoms with Gasteiger partial charge in [0.25, 0.3) is 0 Å². The molecule has 0 aromatic rings. The first kappa shape index (κ1) is 23.9. The predicted octanol–water partition coefficient (Wildman–Crippen LogP) is 2.01. The molecule has 0 heterocycles. The van der Waals surface area contributed by atoms with E-state index in [9.17, 15) is 24.4 Å². The number of phosphoric acid groups is 1. The summed E-state index contributed by atoms with van der Waals surface area (Å²) in [5, 5.41) is 22.3. The summed E-state index contributed by atoms with van der Waals surface area (Å²) in [6.45, 7) is 3.97. The van der Waals surface area contributed by atoms with Gasteiger partial charge in [-0.25, -0.2) is 8.96 Å². The van der Waals surface area contributed by atoms with Gasteiger partial charge in [-0.05, 0) is 56.6 Å². The highest BCUT2D eigenvalue weighted by Crippen LogP contribution is 2.67. The number of aliphatic hydroxyl groups is 2. The van der Waals surface area contributed by atoms with E-state index < -0.39 is 66.2 Å². The number of allylic oxidation sites excluding steroid dienone is 4. The van der Waals surface area contributed by atoms with Crippen LogP contribution in [0.4, 0.5) is 4.39 Å². The van der Waals surface area contributed by atoms with Gasteiger partial charge < -0.3 is 20.0 Å². The molecule has 0 aromatic heterocycles. The van der Waals surface area contributed by atoms with E-state index in [0.29, 0.717) is 18.4 Å². The maximum Gasteiger partial charge on any atom is 0.469 e. The SMILES string of the molecule is C[C@@H]1CC2C3CCC4=CC(=O)C=C[C@]4(C)[C@@]3(F)[C@@H](O)C[C@]2(C)C(=O)[C@@]1(O)COP(=O)(O)O. The molecule has 4 aliphatic carbocycles. The van der Waals surface area contributed by atoms with Crippen molar-refractivity contribution in [2.75, 3.05) is 6.61 Å². The molecule has 4 rings (SSSR count). The Kier molecular flexibility index (Phi) is 5.34. The zero-order chi connectivity index (χ0) is 23.9. The predicted molar refractivity (Wildman–Crippen MR) is 111 cm³/mol. The lowest BCUT2D eigenvalue weighted by atomic mass is 9.41. The molecule has 3 fully saturated rings. The van der Waals surface area contributed by atoms with Gasteiger partial charge in [0.1, 0.15) is 5.60 Å². The molecule has 0 spiro atoms. The molecule has 0 aromatic carbocycles. The van der Waals surface area contributed by atoms with E-state index in [2.05, 4.69) is 4.52 Å². The first-order valence-corrected chi connectivity index (χ1v) is 12.4. The summed E-state index contributed by atoms with van der Waals surface area (Å²) in [6, 6.07) is 0. The van der Waals surface area contributed by atoms with E-state index >= 15 is 4.39 Å². The second-order valence-electron chi connectivity index (χ2n) is 10.4. The number of carbonyl (C=O) groups is 2. The fourth-order valence-electron chi connectivity index (χ4n) is 6.94. The van der Waals surface area contributed by atoms with Crippen LogP contribution in [0.3, 0.4) is 0 Å². The molecule has 3 saturated carbocycles. The van der Waals surface area contributed by atoms with E-state index in [1.165, 1.54) is 18.2 Å². The van der Waals surface area contributed by atoms with Crippen molar-refractivity contribution >= 4 is 19.4 Å². The average molecular weight is 472 g/mol. The number of phosphoric ester groups is 1. The lowest BCUT2D eigenvalue weighted by molar-refractivity contribution is -0.225. The number of hydrogen-bond donors (Lipinski definition) is 4. The van der Waals surface area contributed by atoms with Crippen molar-refractivity contribution in [1.29, 1.82) is 0 Å². The summed E-state index contributed by atoms with van der Waals surface area (Å²) in [5.74, 6) is -2.85. The lowest BCUT2D eigenvalue weighted by Gasteiger charge is -2.64. The number of carbonyl (C=O) groups excluding carboxylic acids is 2. The van der Waals surface area contributed by atoms with Crippen LogP contribution >= 0.6 is 7.82 Å². The minimum Gasteiger partial charge on any atom is -0.390 e. The molecule has 4 N–H and O–H groups in total. The molecule has 178 valence electrons. The Morgan fingerprint density at radius 3 is 2.53 bits per heavy atom. The molecule has 0 radical (unpaired) electrons. The maximum atomic E-state index is 17.0. The summed E-state index contributed by atoms with van der Waals surface area (Å²) in [7, 11) is -4.93. The Morgan fingerprint density at radius 2 is 1.91 bits per heavy atom. The molecular formula is C22H30FO8P. The molecule has 0 amide bonds.